The molecule has 0 heterocycles. The van der Waals surface area contributed by atoms with E-state index < -0.39 is 5.97 Å². The minimum atomic E-state index is -0.826. The van der Waals surface area contributed by atoms with E-state index in [2.05, 4.69) is 6.92 Å². The molecular weight excluding hydrogens is 204 g/mol. The van der Waals surface area contributed by atoms with E-state index in [0.29, 0.717) is 0 Å². The lowest BCUT2D eigenvalue weighted by atomic mass is 10.0. The Kier molecular flexibility index (Phi) is 4.58. The second-order valence-corrected chi connectivity index (χ2v) is 3.62. The molecule has 0 radical (unpaired) electrons. The quantitative estimate of drug-likeness (QED) is 0.801. The number of carboxylic acid groups (broad SMARTS) is 1. The SMILES string of the molecule is CCC/C(=C\CC(=O)O)c1ccc(O)cc1. The molecule has 1 rings (SSSR count). The fourth-order valence-electron chi connectivity index (χ4n) is 1.52. The van der Waals surface area contributed by atoms with Crippen LogP contribution < -0.4 is 0 Å². The van der Waals surface area contributed by atoms with Crippen LogP contribution in [0.3, 0.4) is 0 Å². The van der Waals surface area contributed by atoms with Crippen molar-refractivity contribution in [1.82, 2.24) is 0 Å². The molecule has 0 aliphatic heterocycles. The van der Waals surface area contributed by atoms with Crippen LogP contribution in [0.2, 0.25) is 0 Å². The molecule has 0 atom stereocenters. The van der Waals surface area contributed by atoms with Crippen molar-refractivity contribution >= 4 is 11.5 Å². The van der Waals surface area contributed by atoms with Crippen LogP contribution in [-0.4, -0.2) is 16.2 Å². The van der Waals surface area contributed by atoms with Crippen molar-refractivity contribution in [3.05, 3.63) is 35.9 Å². The maximum atomic E-state index is 10.5. The molecular formula is C13H16O3. The second-order valence-electron chi connectivity index (χ2n) is 3.62. The summed E-state index contributed by atoms with van der Waals surface area (Å²) in [6.07, 6.45) is 3.58. The Morgan fingerprint density at radius 2 is 1.94 bits per heavy atom. The fraction of sp³-hybridized carbons (Fsp3) is 0.308. The van der Waals surface area contributed by atoms with Crippen LogP contribution in [0.25, 0.3) is 5.57 Å². The molecule has 1 aromatic carbocycles. The molecule has 3 heteroatoms. The summed E-state index contributed by atoms with van der Waals surface area (Å²) in [5.41, 5.74) is 1.99. The van der Waals surface area contributed by atoms with Gasteiger partial charge in [0.15, 0.2) is 0 Å². The number of allylic oxidation sites excluding steroid dienone is 1. The summed E-state index contributed by atoms with van der Waals surface area (Å²) in [4.78, 5) is 10.5. The predicted octanol–water partition coefficient (Wildman–Crippen LogP) is 3.05. The summed E-state index contributed by atoms with van der Waals surface area (Å²) in [6.45, 7) is 2.05. The topological polar surface area (TPSA) is 57.5 Å². The Hall–Kier alpha value is -1.77. The van der Waals surface area contributed by atoms with Gasteiger partial charge in [-0.05, 0) is 29.7 Å². The third-order valence-electron chi connectivity index (χ3n) is 2.28. The summed E-state index contributed by atoms with van der Waals surface area (Å²) >= 11 is 0. The molecule has 86 valence electrons. The zero-order chi connectivity index (χ0) is 12.0. The van der Waals surface area contributed by atoms with Gasteiger partial charge in [-0.3, -0.25) is 4.79 Å². The zero-order valence-corrected chi connectivity index (χ0v) is 9.31. The first kappa shape index (κ1) is 12.3. The second kappa shape index (κ2) is 5.95. The molecule has 3 nitrogen and oxygen atoms in total. The number of aliphatic carboxylic acids is 1. The van der Waals surface area contributed by atoms with E-state index in [1.807, 2.05) is 0 Å². The fourth-order valence-corrected chi connectivity index (χ4v) is 1.52. The third kappa shape index (κ3) is 3.77. The largest absolute Gasteiger partial charge is 0.508 e. The standard InChI is InChI=1S/C13H16O3/c1-2-3-10(6-9-13(15)16)11-4-7-12(14)8-5-11/h4-8,14H,2-3,9H2,1H3,(H,15,16)/b10-6+. The van der Waals surface area contributed by atoms with Crippen LogP contribution >= 0.6 is 0 Å². The van der Waals surface area contributed by atoms with E-state index in [1.54, 1.807) is 30.3 Å². The molecule has 0 spiro atoms. The molecule has 0 amide bonds. The zero-order valence-electron chi connectivity index (χ0n) is 9.31. The Morgan fingerprint density at radius 1 is 1.31 bits per heavy atom. The number of carboxylic acids is 1. The van der Waals surface area contributed by atoms with Gasteiger partial charge in [0.05, 0.1) is 6.42 Å². The van der Waals surface area contributed by atoms with Gasteiger partial charge in [0.25, 0.3) is 0 Å². The molecule has 0 bridgehead atoms. The van der Waals surface area contributed by atoms with Crippen molar-refractivity contribution < 1.29 is 15.0 Å². The molecule has 1 aromatic rings. The highest BCUT2D eigenvalue weighted by molar-refractivity contribution is 5.74. The number of hydrogen-bond donors (Lipinski definition) is 2. The normalized spacial score (nSPS) is 11.4. The number of phenols is 1. The van der Waals surface area contributed by atoms with Crippen molar-refractivity contribution in [2.45, 2.75) is 26.2 Å². The number of aromatic hydroxyl groups is 1. The highest BCUT2D eigenvalue weighted by atomic mass is 16.4. The Morgan fingerprint density at radius 3 is 2.44 bits per heavy atom. The average Bonchev–Trinajstić information content (AvgIpc) is 2.25. The summed E-state index contributed by atoms with van der Waals surface area (Å²) in [5.74, 6) is -0.606. The van der Waals surface area contributed by atoms with Gasteiger partial charge in [0.1, 0.15) is 5.75 Å². The van der Waals surface area contributed by atoms with Crippen LogP contribution in [-0.2, 0) is 4.79 Å². The van der Waals surface area contributed by atoms with Gasteiger partial charge < -0.3 is 10.2 Å². The number of benzene rings is 1. The van der Waals surface area contributed by atoms with E-state index >= 15 is 0 Å². The number of phenolic OH excluding ortho intramolecular Hbond substituents is 1. The van der Waals surface area contributed by atoms with Crippen LogP contribution in [0.5, 0.6) is 5.75 Å². The summed E-state index contributed by atoms with van der Waals surface area (Å²) in [5, 5.41) is 17.8. The van der Waals surface area contributed by atoms with Crippen molar-refractivity contribution in [2.24, 2.45) is 0 Å². The van der Waals surface area contributed by atoms with Crippen LogP contribution in [0.4, 0.5) is 0 Å². The Labute approximate surface area is 95.0 Å². The van der Waals surface area contributed by atoms with Gasteiger partial charge in [-0.1, -0.05) is 31.6 Å². The minimum Gasteiger partial charge on any atom is -0.508 e. The monoisotopic (exact) mass is 220 g/mol. The highest BCUT2D eigenvalue weighted by Crippen LogP contribution is 2.22. The van der Waals surface area contributed by atoms with Gasteiger partial charge in [-0.15, -0.1) is 0 Å². The molecule has 0 saturated carbocycles. The number of rotatable bonds is 5. The van der Waals surface area contributed by atoms with E-state index in [1.165, 1.54) is 0 Å². The Bertz CT molecular complexity index is 377. The summed E-state index contributed by atoms with van der Waals surface area (Å²) < 4.78 is 0. The molecule has 2 N–H and O–H groups in total. The number of hydrogen-bond acceptors (Lipinski definition) is 2. The first-order valence-electron chi connectivity index (χ1n) is 5.33. The average molecular weight is 220 g/mol. The van der Waals surface area contributed by atoms with Crippen molar-refractivity contribution in [3.63, 3.8) is 0 Å². The first-order valence-corrected chi connectivity index (χ1v) is 5.33. The summed E-state index contributed by atoms with van der Waals surface area (Å²) in [6, 6.07) is 6.83. The van der Waals surface area contributed by atoms with E-state index in [-0.39, 0.29) is 12.2 Å². The third-order valence-corrected chi connectivity index (χ3v) is 2.28. The molecule has 0 aromatic heterocycles. The highest BCUT2D eigenvalue weighted by Gasteiger charge is 2.02. The van der Waals surface area contributed by atoms with Crippen LogP contribution in [0.1, 0.15) is 31.7 Å². The van der Waals surface area contributed by atoms with Gasteiger partial charge in [-0.2, -0.15) is 0 Å². The van der Waals surface area contributed by atoms with Gasteiger partial charge in [-0.25, -0.2) is 0 Å². The van der Waals surface area contributed by atoms with Crippen LogP contribution in [0, 0.1) is 0 Å². The Balaban J connectivity index is 2.88. The van der Waals surface area contributed by atoms with Gasteiger partial charge in [0.2, 0.25) is 0 Å². The van der Waals surface area contributed by atoms with Gasteiger partial charge in [0, 0.05) is 0 Å². The molecule has 0 fully saturated rings. The van der Waals surface area contributed by atoms with Gasteiger partial charge >= 0.3 is 5.97 Å². The minimum absolute atomic E-state index is 0.0379. The maximum Gasteiger partial charge on any atom is 0.307 e. The van der Waals surface area contributed by atoms with Crippen molar-refractivity contribution in [3.8, 4) is 5.75 Å². The molecule has 0 unspecified atom stereocenters. The lowest BCUT2D eigenvalue weighted by molar-refractivity contribution is -0.135. The predicted molar refractivity (Wildman–Crippen MR) is 63.2 cm³/mol. The van der Waals surface area contributed by atoms with Crippen molar-refractivity contribution in [2.75, 3.05) is 0 Å². The smallest absolute Gasteiger partial charge is 0.307 e. The van der Waals surface area contributed by atoms with Crippen molar-refractivity contribution in [1.29, 1.82) is 0 Å². The van der Waals surface area contributed by atoms with E-state index in [9.17, 15) is 9.90 Å². The molecule has 0 aliphatic rings. The summed E-state index contributed by atoms with van der Waals surface area (Å²) in [7, 11) is 0. The van der Waals surface area contributed by atoms with Crippen LogP contribution in [0.15, 0.2) is 30.3 Å². The maximum absolute atomic E-state index is 10.5. The molecule has 0 saturated heterocycles. The lowest BCUT2D eigenvalue weighted by Gasteiger charge is -2.06. The molecule has 16 heavy (non-hydrogen) atoms. The number of carbonyl (C=O) groups is 1. The first-order chi connectivity index (χ1) is 7.63. The molecule has 0 aliphatic carbocycles. The van der Waals surface area contributed by atoms with E-state index in [4.69, 9.17) is 5.11 Å². The van der Waals surface area contributed by atoms with E-state index in [0.717, 1.165) is 24.0 Å². The lowest BCUT2D eigenvalue weighted by Crippen LogP contribution is -1.92.